The first-order valence-electron chi connectivity index (χ1n) is 4.49. The second kappa shape index (κ2) is 4.09. The number of hydrogen-bond donors (Lipinski definition) is 2. The number of carbonyl (C=O) groups is 2. The fourth-order valence-electron chi connectivity index (χ4n) is 1.52. The summed E-state index contributed by atoms with van der Waals surface area (Å²) in [5.74, 6) is 0. The SMILES string of the molecule is O=CCN1C(=O)N[NH+]([O-])c2ccc(Cl)cc21. The number of nitrogens with one attached hydrogen (secondary N) is 2. The lowest BCUT2D eigenvalue weighted by Gasteiger charge is -2.33. The Morgan fingerprint density at radius 2 is 2.31 bits per heavy atom. The summed E-state index contributed by atoms with van der Waals surface area (Å²) in [6.45, 7) is -0.119. The summed E-state index contributed by atoms with van der Waals surface area (Å²) in [5.41, 5.74) is 2.82. The minimum absolute atomic E-state index is 0.119. The fourth-order valence-corrected chi connectivity index (χ4v) is 1.68. The molecule has 1 aromatic carbocycles. The molecule has 0 aliphatic carbocycles. The van der Waals surface area contributed by atoms with E-state index in [0.717, 1.165) is 4.90 Å². The first kappa shape index (κ1) is 10.9. The van der Waals surface area contributed by atoms with E-state index in [0.29, 0.717) is 22.7 Å². The number of amides is 2. The number of fused-ring (bicyclic) bond motifs is 1. The van der Waals surface area contributed by atoms with Gasteiger partial charge in [0.15, 0.2) is 5.69 Å². The standard InChI is InChI=1S/C9H8ClN3O3/c10-6-1-2-7-8(5-6)12(3-4-14)9(15)11-13(7)16/h1-2,4-5,13H,3H2,(H,11,15). The number of quaternary nitrogens is 1. The van der Waals surface area contributed by atoms with Crippen LogP contribution in [0.2, 0.25) is 5.02 Å². The summed E-state index contributed by atoms with van der Waals surface area (Å²) in [6.07, 6.45) is 0.583. The minimum Gasteiger partial charge on any atom is -0.603 e. The topological polar surface area (TPSA) is 76.9 Å². The molecular weight excluding hydrogens is 234 g/mol. The van der Waals surface area contributed by atoms with Gasteiger partial charge in [-0.15, -0.1) is 0 Å². The molecule has 2 amide bonds. The molecule has 0 saturated carbocycles. The van der Waals surface area contributed by atoms with E-state index in [-0.39, 0.29) is 6.54 Å². The molecule has 16 heavy (non-hydrogen) atoms. The summed E-state index contributed by atoms with van der Waals surface area (Å²) < 4.78 is 0. The monoisotopic (exact) mass is 241 g/mol. The van der Waals surface area contributed by atoms with Crippen LogP contribution >= 0.6 is 11.6 Å². The van der Waals surface area contributed by atoms with Crippen molar-refractivity contribution in [1.82, 2.24) is 5.43 Å². The van der Waals surface area contributed by atoms with Crippen LogP contribution in [-0.4, -0.2) is 18.9 Å². The fraction of sp³-hybridized carbons (Fsp3) is 0.111. The molecule has 2 rings (SSSR count). The number of nitrogens with zero attached hydrogens (tertiary/aromatic N) is 1. The third-order valence-corrected chi connectivity index (χ3v) is 2.45. The Morgan fingerprint density at radius 3 is 3.00 bits per heavy atom. The van der Waals surface area contributed by atoms with Crippen molar-refractivity contribution in [2.45, 2.75) is 0 Å². The molecule has 1 atom stereocenters. The lowest BCUT2D eigenvalue weighted by Crippen LogP contribution is -3.12. The maximum absolute atomic E-state index is 11.5. The van der Waals surface area contributed by atoms with Gasteiger partial charge in [0.1, 0.15) is 12.0 Å². The van der Waals surface area contributed by atoms with Gasteiger partial charge in [-0.3, -0.25) is 4.90 Å². The highest BCUT2D eigenvalue weighted by molar-refractivity contribution is 6.31. The van der Waals surface area contributed by atoms with Crippen molar-refractivity contribution in [3.8, 4) is 0 Å². The summed E-state index contributed by atoms with van der Waals surface area (Å²) in [6, 6.07) is 3.93. The number of carbonyl (C=O) groups excluding carboxylic acids is 2. The Bertz CT molecular complexity index is 452. The number of aldehydes is 1. The molecule has 0 radical (unpaired) electrons. The van der Waals surface area contributed by atoms with Gasteiger partial charge in [-0.25, -0.2) is 9.97 Å². The van der Waals surface area contributed by atoms with Crippen molar-refractivity contribution in [3.05, 3.63) is 28.4 Å². The highest BCUT2D eigenvalue weighted by Gasteiger charge is 2.29. The lowest BCUT2D eigenvalue weighted by atomic mass is 10.2. The molecule has 1 unspecified atom stereocenters. The summed E-state index contributed by atoms with van der Waals surface area (Å²) >= 11 is 5.78. The zero-order valence-corrected chi connectivity index (χ0v) is 8.82. The smallest absolute Gasteiger partial charge is 0.367 e. The van der Waals surface area contributed by atoms with E-state index in [1.54, 1.807) is 6.07 Å². The third kappa shape index (κ3) is 1.73. The van der Waals surface area contributed by atoms with Crippen LogP contribution in [0.15, 0.2) is 18.2 Å². The van der Waals surface area contributed by atoms with Crippen LogP contribution in [0, 0.1) is 5.21 Å². The van der Waals surface area contributed by atoms with Crippen LogP contribution in [-0.2, 0) is 4.79 Å². The van der Waals surface area contributed by atoms with E-state index in [4.69, 9.17) is 11.6 Å². The zero-order chi connectivity index (χ0) is 11.7. The summed E-state index contributed by atoms with van der Waals surface area (Å²) in [5, 5.41) is 11.4. The molecule has 84 valence electrons. The van der Waals surface area contributed by atoms with E-state index in [2.05, 4.69) is 5.43 Å². The number of urea groups is 1. The largest absolute Gasteiger partial charge is 0.603 e. The molecule has 0 spiro atoms. The molecule has 1 aliphatic rings. The van der Waals surface area contributed by atoms with Crippen LogP contribution in [0.4, 0.5) is 16.2 Å². The second-order valence-corrected chi connectivity index (χ2v) is 3.63. The highest BCUT2D eigenvalue weighted by Crippen LogP contribution is 2.27. The highest BCUT2D eigenvalue weighted by atomic mass is 35.5. The van der Waals surface area contributed by atoms with Gasteiger partial charge in [-0.05, 0) is 12.1 Å². The predicted octanol–water partition coefficient (Wildman–Crippen LogP) is -0.00230. The van der Waals surface area contributed by atoms with Crippen molar-refractivity contribution in [3.63, 3.8) is 0 Å². The molecular formula is C9H8ClN3O3. The number of benzene rings is 1. The second-order valence-electron chi connectivity index (χ2n) is 3.20. The van der Waals surface area contributed by atoms with Crippen molar-refractivity contribution < 1.29 is 14.8 Å². The maximum atomic E-state index is 11.5. The number of halogens is 1. The molecule has 2 N–H and O–H groups in total. The Balaban J connectivity index is 2.51. The van der Waals surface area contributed by atoms with Crippen molar-refractivity contribution in [2.24, 2.45) is 0 Å². The van der Waals surface area contributed by atoms with Crippen LogP contribution in [0.1, 0.15) is 0 Å². The Hall–Kier alpha value is -1.63. The predicted molar refractivity (Wildman–Crippen MR) is 57.4 cm³/mol. The average Bonchev–Trinajstić information content (AvgIpc) is 2.23. The average molecular weight is 242 g/mol. The van der Waals surface area contributed by atoms with Gasteiger partial charge >= 0.3 is 6.03 Å². The minimum atomic E-state index is -0.619. The molecule has 0 saturated heterocycles. The number of anilines is 1. The molecule has 6 nitrogen and oxygen atoms in total. The van der Waals surface area contributed by atoms with Crippen molar-refractivity contribution >= 4 is 35.3 Å². The molecule has 7 heteroatoms. The Kier molecular flexibility index (Phi) is 2.78. The van der Waals surface area contributed by atoms with Crippen molar-refractivity contribution in [2.75, 3.05) is 11.4 Å². The molecule has 1 heterocycles. The Morgan fingerprint density at radius 1 is 1.56 bits per heavy atom. The zero-order valence-electron chi connectivity index (χ0n) is 8.07. The number of rotatable bonds is 2. The van der Waals surface area contributed by atoms with Crippen LogP contribution in [0.25, 0.3) is 0 Å². The number of hydrogen-bond acceptors (Lipinski definition) is 3. The first-order valence-corrected chi connectivity index (χ1v) is 4.87. The van der Waals surface area contributed by atoms with Crippen LogP contribution < -0.4 is 15.5 Å². The normalized spacial score (nSPS) is 19.0. The molecule has 0 fully saturated rings. The van der Waals surface area contributed by atoms with Gasteiger partial charge in [-0.1, -0.05) is 11.6 Å². The Labute approximate surface area is 95.9 Å². The quantitative estimate of drug-likeness (QED) is 0.565. The molecule has 0 aromatic heterocycles. The van der Waals surface area contributed by atoms with Crippen LogP contribution in [0.5, 0.6) is 0 Å². The van der Waals surface area contributed by atoms with E-state index in [1.807, 2.05) is 0 Å². The van der Waals surface area contributed by atoms with Gasteiger partial charge in [0.25, 0.3) is 0 Å². The van der Waals surface area contributed by atoms with Crippen LogP contribution in [0.3, 0.4) is 0 Å². The third-order valence-electron chi connectivity index (χ3n) is 2.22. The van der Waals surface area contributed by atoms with Crippen molar-refractivity contribution in [1.29, 1.82) is 0 Å². The van der Waals surface area contributed by atoms with E-state index < -0.39 is 11.2 Å². The van der Waals surface area contributed by atoms with Gasteiger partial charge in [0, 0.05) is 11.1 Å². The summed E-state index contributed by atoms with van der Waals surface area (Å²) in [4.78, 5) is 23.1. The maximum Gasteiger partial charge on any atom is 0.367 e. The van der Waals surface area contributed by atoms with Gasteiger partial charge in [-0.2, -0.15) is 5.43 Å². The van der Waals surface area contributed by atoms with E-state index in [1.165, 1.54) is 12.1 Å². The van der Waals surface area contributed by atoms with Gasteiger partial charge < -0.3 is 10.0 Å². The molecule has 1 aliphatic heterocycles. The van der Waals surface area contributed by atoms with Gasteiger partial charge in [0.2, 0.25) is 0 Å². The molecule has 1 aromatic rings. The van der Waals surface area contributed by atoms with E-state index >= 15 is 0 Å². The first-order chi connectivity index (χ1) is 7.63. The van der Waals surface area contributed by atoms with E-state index in [9.17, 15) is 14.8 Å². The van der Waals surface area contributed by atoms with Gasteiger partial charge in [0.05, 0.1) is 6.54 Å². The molecule has 0 bridgehead atoms. The lowest BCUT2D eigenvalue weighted by molar-refractivity contribution is -0.817. The summed E-state index contributed by atoms with van der Waals surface area (Å²) in [7, 11) is 0.